The van der Waals surface area contributed by atoms with E-state index in [4.69, 9.17) is 16.3 Å². The fraction of sp³-hybridized carbons (Fsp3) is 0.431. The molecule has 1 unspecified atom stereocenters. The number of anilines is 3. The molecule has 458 valence electrons. The van der Waals surface area contributed by atoms with Crippen molar-refractivity contribution >= 4 is 94.9 Å². The zero-order valence-corrected chi connectivity index (χ0v) is 52.5. The summed E-state index contributed by atoms with van der Waals surface area (Å²) in [6, 6.07) is 25.6. The van der Waals surface area contributed by atoms with Crippen LogP contribution in [0.5, 0.6) is 11.5 Å². The number of benzene rings is 4. The number of aromatic amines is 1. The van der Waals surface area contributed by atoms with Gasteiger partial charge in [-0.2, -0.15) is 0 Å². The molecule has 0 spiro atoms. The van der Waals surface area contributed by atoms with Crippen molar-refractivity contribution in [2.24, 2.45) is 11.3 Å². The summed E-state index contributed by atoms with van der Waals surface area (Å²) in [4.78, 5) is 71.0. The van der Waals surface area contributed by atoms with Crippen molar-refractivity contribution in [3.8, 4) is 11.5 Å². The number of pyridine rings is 1. The molecular formula is C65H75BrClN11O8S. The highest BCUT2D eigenvalue weighted by Gasteiger charge is 2.41. The average molecular weight is 1290 g/mol. The number of carbonyl (C=O) groups is 4. The molecule has 6 aromatic rings. The number of nitrogens with zero attached hydrogens (tertiary/aromatic N) is 6. The second-order valence-corrected chi connectivity index (χ2v) is 28.2. The van der Waals surface area contributed by atoms with E-state index in [9.17, 15) is 32.8 Å². The Morgan fingerprint density at radius 1 is 0.885 bits per heavy atom. The number of hydrogen-bond acceptors (Lipinski definition) is 15. The third-order valence-corrected chi connectivity index (χ3v) is 21.0. The average Bonchev–Trinajstić information content (AvgIpc) is 2.02. The van der Waals surface area contributed by atoms with Crippen molar-refractivity contribution in [1.82, 2.24) is 39.6 Å². The van der Waals surface area contributed by atoms with Gasteiger partial charge in [-0.05, 0) is 159 Å². The smallest absolute Gasteiger partial charge is 0.268 e. The second-order valence-electron chi connectivity index (χ2n) is 25.2. The summed E-state index contributed by atoms with van der Waals surface area (Å²) in [7, 11) is -4.46. The van der Waals surface area contributed by atoms with Gasteiger partial charge in [0.05, 0.1) is 28.0 Å². The van der Waals surface area contributed by atoms with E-state index in [0.29, 0.717) is 60.7 Å². The maximum Gasteiger partial charge on any atom is 0.268 e. The largest absolute Gasteiger partial charge is 0.455 e. The molecule has 12 rings (SSSR count). The lowest BCUT2D eigenvalue weighted by Gasteiger charge is -2.45. The number of halogens is 2. The number of piperazine rings is 2. The minimum absolute atomic E-state index is 0.0186. The van der Waals surface area contributed by atoms with Gasteiger partial charge in [-0.3, -0.25) is 49.9 Å². The Morgan fingerprint density at radius 3 is 2.44 bits per heavy atom. The normalized spacial score (nSPS) is 22.3. The molecule has 6 N–H and O–H groups in total. The van der Waals surface area contributed by atoms with Crippen LogP contribution in [0.3, 0.4) is 0 Å². The zero-order valence-electron chi connectivity index (χ0n) is 49.3. The molecule has 2 aliphatic carbocycles. The summed E-state index contributed by atoms with van der Waals surface area (Å²) in [5.74, 6) is -0.868. The van der Waals surface area contributed by atoms with E-state index in [0.717, 1.165) is 129 Å². The molecule has 6 aliphatic rings. The van der Waals surface area contributed by atoms with Crippen molar-refractivity contribution in [2.75, 3.05) is 74.6 Å². The number of imide groups is 1. The molecule has 4 aromatic carbocycles. The molecule has 6 heterocycles. The van der Waals surface area contributed by atoms with Crippen LogP contribution in [0, 0.1) is 11.3 Å². The van der Waals surface area contributed by atoms with Gasteiger partial charge in [0.25, 0.3) is 21.8 Å². The third kappa shape index (κ3) is 13.5. The van der Waals surface area contributed by atoms with Gasteiger partial charge < -0.3 is 24.8 Å². The first-order chi connectivity index (χ1) is 41.8. The second kappa shape index (κ2) is 25.3. The maximum absolute atomic E-state index is 14.2. The Bertz CT molecular complexity index is 3770. The number of aromatic nitrogens is 2. The molecule has 2 atom stereocenters. The Kier molecular flexibility index (Phi) is 17.6. The Balaban J connectivity index is 0.645. The van der Waals surface area contributed by atoms with Crippen LogP contribution < -0.4 is 30.5 Å². The molecule has 4 aliphatic heterocycles. The monoisotopic (exact) mass is 1280 g/mol. The van der Waals surface area contributed by atoms with Crippen molar-refractivity contribution in [1.29, 1.82) is 0 Å². The van der Waals surface area contributed by atoms with E-state index in [1.54, 1.807) is 35.5 Å². The van der Waals surface area contributed by atoms with Crippen LogP contribution in [0.4, 0.5) is 17.1 Å². The molecule has 0 bridgehead atoms. The minimum Gasteiger partial charge on any atom is -0.455 e. The van der Waals surface area contributed by atoms with E-state index in [1.807, 2.05) is 36.4 Å². The Morgan fingerprint density at radius 2 is 1.68 bits per heavy atom. The number of piperidine rings is 1. The summed E-state index contributed by atoms with van der Waals surface area (Å²) >= 11 is 10.0. The first kappa shape index (κ1) is 60.4. The third-order valence-electron chi connectivity index (χ3n) is 18.7. The van der Waals surface area contributed by atoms with Gasteiger partial charge in [0.2, 0.25) is 11.8 Å². The molecule has 4 fully saturated rings. The number of carbonyl (C=O) groups excluding carboxylic acids is 4. The fourth-order valence-electron chi connectivity index (χ4n) is 13.7. The first-order valence-corrected chi connectivity index (χ1v) is 33.0. The van der Waals surface area contributed by atoms with Crippen LogP contribution in [0.15, 0.2) is 112 Å². The van der Waals surface area contributed by atoms with Gasteiger partial charge in [0.1, 0.15) is 23.2 Å². The molecule has 19 nitrogen and oxygen atoms in total. The molecule has 0 radical (unpaired) electrons. The number of nitrogens with one attached hydrogen (secondary N) is 5. The Hall–Kier alpha value is -6.85. The molecule has 87 heavy (non-hydrogen) atoms. The first-order valence-electron chi connectivity index (χ1n) is 30.3. The standard InChI is InChI=1S/C65H75BrClN11O8S/c1-40-36-77(27-26-76(40)37-42-28-52-54(55(66)29-42)39-78(64(52)82)58-16-17-60(79)71-63(58)81)47-10-4-41(5-11-47)34-69-56-15-13-50(32-57(56)72-83)87(84,85)73-62(80)51-14-12-48(31-59(51)86-49-30-44-19-21-68-61(44)70-35-49)75-24-22-74(23-25-75)38-45-18-20-65(2,3)33-53(45)43-6-8-46(67)9-7-43/h6-9,12-15,19,21,28-32,35,40-41,47,58,69,72,83H,4-5,10-11,16-18,20,22-27,33-34,36-39H2,1-3H3,(H,68,70)(H,73,80)(H,71,79,81)/t40-,41?,47?,58?/m1/s1. The summed E-state index contributed by atoms with van der Waals surface area (Å²) in [5, 5.41) is 17.7. The SMILES string of the molecule is C[C@@H]1CN(C2CCC(CNc3ccc(S(=O)(=O)NC(=O)c4ccc(N5CCN(CC6=C(c7ccc(Cl)cc7)CC(C)(C)CC6)CC5)cc4Oc4cnc5[nH]ccc5c4)cc3NO)CC2)CCN1Cc1cc(Br)c2c(c1)C(=O)N(C1CCC(=O)NC1=O)C2. The minimum atomic E-state index is -4.46. The zero-order chi connectivity index (χ0) is 60.7. The highest BCUT2D eigenvalue weighted by atomic mass is 79.9. The van der Waals surface area contributed by atoms with Crippen LogP contribution in [0.1, 0.15) is 116 Å². The number of ether oxygens (including phenoxy) is 1. The topological polar surface area (TPSA) is 225 Å². The van der Waals surface area contributed by atoms with Gasteiger partial charge in [-0.15, -0.1) is 0 Å². The van der Waals surface area contributed by atoms with Gasteiger partial charge in [-0.25, -0.2) is 18.1 Å². The number of allylic oxidation sites excluding steroid dienone is 1. The summed E-state index contributed by atoms with van der Waals surface area (Å²) < 4.78 is 37.7. The van der Waals surface area contributed by atoms with Gasteiger partial charge >= 0.3 is 0 Å². The van der Waals surface area contributed by atoms with Crippen molar-refractivity contribution in [3.63, 3.8) is 0 Å². The molecule has 22 heteroatoms. The van der Waals surface area contributed by atoms with E-state index in [-0.39, 0.29) is 51.6 Å². The predicted molar refractivity (Wildman–Crippen MR) is 340 cm³/mol. The fourth-order valence-corrected chi connectivity index (χ4v) is 15.5. The predicted octanol–water partition coefficient (Wildman–Crippen LogP) is 10.4. The highest BCUT2D eigenvalue weighted by molar-refractivity contribution is 9.10. The molecular weight excluding hydrogens is 1210 g/mol. The van der Waals surface area contributed by atoms with Crippen molar-refractivity contribution in [3.05, 3.63) is 140 Å². The number of H-pyrrole nitrogens is 1. The van der Waals surface area contributed by atoms with E-state index < -0.39 is 27.9 Å². The molecule has 4 amide bonds. The molecule has 3 saturated heterocycles. The summed E-state index contributed by atoms with van der Waals surface area (Å²) in [6.07, 6.45) is 11.2. The van der Waals surface area contributed by atoms with Crippen LogP contribution in [0.25, 0.3) is 16.6 Å². The van der Waals surface area contributed by atoms with Gasteiger partial charge in [-0.1, -0.05) is 59.1 Å². The molecule has 1 saturated carbocycles. The van der Waals surface area contributed by atoms with Crippen LogP contribution in [0.2, 0.25) is 5.02 Å². The number of hydrogen-bond donors (Lipinski definition) is 6. The van der Waals surface area contributed by atoms with Crippen LogP contribution in [-0.2, 0) is 32.7 Å². The quantitative estimate of drug-likeness (QED) is 0.0369. The number of fused-ring (bicyclic) bond motifs is 2. The van der Waals surface area contributed by atoms with Gasteiger partial charge in [0, 0.05) is 129 Å². The lowest BCUT2D eigenvalue weighted by atomic mass is 9.72. The van der Waals surface area contributed by atoms with Crippen molar-refractivity contribution < 1.29 is 37.5 Å². The lowest BCUT2D eigenvalue weighted by Crippen LogP contribution is -2.55. The van der Waals surface area contributed by atoms with E-state index in [1.165, 1.54) is 28.8 Å². The van der Waals surface area contributed by atoms with Crippen LogP contribution >= 0.6 is 27.5 Å². The van der Waals surface area contributed by atoms with Crippen LogP contribution in [-0.4, -0.2) is 144 Å². The lowest BCUT2D eigenvalue weighted by molar-refractivity contribution is -0.136. The number of amides is 4. The number of sulfonamides is 1. The maximum atomic E-state index is 14.2. The Labute approximate surface area is 521 Å². The van der Waals surface area contributed by atoms with Gasteiger partial charge in [0.15, 0.2) is 0 Å². The van der Waals surface area contributed by atoms with Crippen molar-refractivity contribution in [2.45, 2.75) is 115 Å². The highest BCUT2D eigenvalue weighted by Crippen LogP contribution is 2.44. The number of rotatable bonds is 17. The van der Waals surface area contributed by atoms with E-state index in [2.05, 4.69) is 105 Å². The summed E-state index contributed by atoms with van der Waals surface area (Å²) in [6.45, 7) is 15.4. The summed E-state index contributed by atoms with van der Waals surface area (Å²) in [5.41, 5.74) is 11.2. The molecule has 2 aromatic heterocycles. The van der Waals surface area contributed by atoms with E-state index >= 15 is 0 Å².